The summed E-state index contributed by atoms with van der Waals surface area (Å²) in [4.78, 5) is 26.1. The van der Waals surface area contributed by atoms with E-state index in [1.807, 2.05) is 11.8 Å². The number of urea groups is 1. The molecule has 0 spiro atoms. The normalized spacial score (nSPS) is 21.3. The molecule has 1 aromatic heterocycles. The number of carbonyl (C=O) groups is 1. The van der Waals surface area contributed by atoms with E-state index < -0.39 is 4.92 Å². The first-order valence-electron chi connectivity index (χ1n) is 8.39. The summed E-state index contributed by atoms with van der Waals surface area (Å²) in [5.41, 5.74) is 0.649. The zero-order chi connectivity index (χ0) is 18.3. The van der Waals surface area contributed by atoms with Gasteiger partial charge in [0.25, 0.3) is 5.69 Å². The molecule has 2 atom stereocenters. The third-order valence-electron chi connectivity index (χ3n) is 4.93. The van der Waals surface area contributed by atoms with Crippen LogP contribution in [0.25, 0.3) is 11.5 Å². The van der Waals surface area contributed by atoms with Crippen LogP contribution in [-0.4, -0.2) is 63.2 Å². The number of nitro groups is 1. The van der Waals surface area contributed by atoms with Gasteiger partial charge in [-0.15, -0.1) is 10.2 Å². The molecule has 4 rings (SSSR count). The van der Waals surface area contributed by atoms with Crippen LogP contribution in [0.2, 0.25) is 0 Å². The van der Waals surface area contributed by atoms with E-state index in [1.54, 1.807) is 12.1 Å². The minimum atomic E-state index is -0.451. The number of benzene rings is 1. The molecule has 2 fully saturated rings. The quantitative estimate of drug-likeness (QED) is 0.648. The summed E-state index contributed by atoms with van der Waals surface area (Å²) in [6.45, 7) is 4.80. The summed E-state index contributed by atoms with van der Waals surface area (Å²) >= 11 is 0. The summed E-state index contributed by atoms with van der Waals surface area (Å²) in [5, 5.41) is 21.8. The maximum Gasteiger partial charge on any atom is 0.317 e. The van der Waals surface area contributed by atoms with Crippen molar-refractivity contribution >= 4 is 11.7 Å². The van der Waals surface area contributed by atoms with E-state index in [0.29, 0.717) is 30.4 Å². The molecule has 3 heterocycles. The fourth-order valence-electron chi connectivity index (χ4n) is 3.38. The number of aromatic nitrogens is 2. The van der Waals surface area contributed by atoms with Crippen molar-refractivity contribution < 1.29 is 14.1 Å². The molecule has 1 aromatic carbocycles. The lowest BCUT2D eigenvalue weighted by Crippen LogP contribution is -2.52. The van der Waals surface area contributed by atoms with Gasteiger partial charge in [-0.25, -0.2) is 4.79 Å². The van der Waals surface area contributed by atoms with Crippen LogP contribution in [-0.2, 0) is 0 Å². The van der Waals surface area contributed by atoms with Crippen LogP contribution in [0.15, 0.2) is 28.7 Å². The average molecular weight is 358 g/mol. The molecular weight excluding hydrogens is 340 g/mol. The standard InChI is InChI=1S/C16H18N6O4/c1-10(20-6-7-21-13(9-20)8-17-16(21)23)14-18-19-15(26-14)11-2-4-12(5-3-11)22(24)25/h2-5,10,13H,6-9H2,1H3,(H,17,23). The van der Waals surface area contributed by atoms with Gasteiger partial charge in [0.1, 0.15) is 0 Å². The number of piperazine rings is 1. The summed E-state index contributed by atoms with van der Waals surface area (Å²) < 4.78 is 5.79. The van der Waals surface area contributed by atoms with Gasteiger partial charge < -0.3 is 14.6 Å². The van der Waals surface area contributed by atoms with Crippen molar-refractivity contribution in [3.05, 3.63) is 40.3 Å². The molecule has 0 saturated carbocycles. The van der Waals surface area contributed by atoms with Crippen LogP contribution in [0.5, 0.6) is 0 Å². The maximum absolute atomic E-state index is 11.7. The highest BCUT2D eigenvalue weighted by atomic mass is 16.6. The number of rotatable bonds is 4. The Balaban J connectivity index is 1.47. The van der Waals surface area contributed by atoms with E-state index in [2.05, 4.69) is 20.4 Å². The number of nitrogens with one attached hydrogen (secondary N) is 1. The Hall–Kier alpha value is -3.01. The Labute approximate surface area is 148 Å². The van der Waals surface area contributed by atoms with E-state index in [9.17, 15) is 14.9 Å². The minimum absolute atomic E-state index is 0.000510. The second-order valence-corrected chi connectivity index (χ2v) is 6.45. The van der Waals surface area contributed by atoms with E-state index in [-0.39, 0.29) is 23.8 Å². The fourth-order valence-corrected chi connectivity index (χ4v) is 3.38. The van der Waals surface area contributed by atoms with Crippen LogP contribution in [0.3, 0.4) is 0 Å². The first kappa shape index (κ1) is 16.5. The molecule has 0 aliphatic carbocycles. The Morgan fingerprint density at radius 3 is 2.81 bits per heavy atom. The van der Waals surface area contributed by atoms with Crippen LogP contribution in [0, 0.1) is 10.1 Å². The topological polar surface area (TPSA) is 118 Å². The highest BCUT2D eigenvalue weighted by molar-refractivity contribution is 5.77. The molecule has 2 saturated heterocycles. The number of non-ortho nitro benzene ring substituents is 1. The zero-order valence-electron chi connectivity index (χ0n) is 14.2. The molecule has 0 bridgehead atoms. The van der Waals surface area contributed by atoms with E-state index in [4.69, 9.17) is 4.42 Å². The second kappa shape index (κ2) is 6.37. The van der Waals surface area contributed by atoms with Crippen LogP contribution >= 0.6 is 0 Å². The van der Waals surface area contributed by atoms with Gasteiger partial charge in [-0.1, -0.05) is 0 Å². The van der Waals surface area contributed by atoms with Crippen molar-refractivity contribution in [1.82, 2.24) is 25.3 Å². The summed E-state index contributed by atoms with van der Waals surface area (Å²) in [5.74, 6) is 0.821. The summed E-state index contributed by atoms with van der Waals surface area (Å²) in [7, 11) is 0. The average Bonchev–Trinajstić information content (AvgIpc) is 3.28. The van der Waals surface area contributed by atoms with E-state index in [0.717, 1.165) is 13.1 Å². The lowest BCUT2D eigenvalue weighted by molar-refractivity contribution is -0.384. The molecule has 2 amide bonds. The molecule has 1 N–H and O–H groups in total. The molecular formula is C16H18N6O4. The molecule has 2 aliphatic heterocycles. The number of nitro benzene ring substituents is 1. The summed E-state index contributed by atoms with van der Waals surface area (Å²) in [6, 6.07) is 6.09. The van der Waals surface area contributed by atoms with Crippen molar-refractivity contribution in [3.8, 4) is 11.5 Å². The molecule has 10 heteroatoms. The SMILES string of the molecule is CC(c1nnc(-c2ccc([N+](=O)[O-])cc2)o1)N1CCN2C(=O)NCC2C1. The number of hydrogen-bond acceptors (Lipinski definition) is 7. The largest absolute Gasteiger partial charge is 0.419 e. The van der Waals surface area contributed by atoms with Crippen molar-refractivity contribution in [2.24, 2.45) is 0 Å². The number of fused-ring (bicyclic) bond motifs is 1. The highest BCUT2D eigenvalue weighted by Crippen LogP contribution is 2.27. The van der Waals surface area contributed by atoms with Gasteiger partial charge in [0, 0.05) is 43.9 Å². The lowest BCUT2D eigenvalue weighted by atomic mass is 10.1. The molecule has 2 aliphatic rings. The van der Waals surface area contributed by atoms with Crippen LogP contribution < -0.4 is 5.32 Å². The van der Waals surface area contributed by atoms with Gasteiger partial charge in [-0.2, -0.15) is 0 Å². The zero-order valence-corrected chi connectivity index (χ0v) is 14.2. The van der Waals surface area contributed by atoms with Gasteiger partial charge >= 0.3 is 6.03 Å². The first-order chi connectivity index (χ1) is 12.5. The predicted octanol–water partition coefficient (Wildman–Crippen LogP) is 1.42. The Morgan fingerprint density at radius 1 is 1.31 bits per heavy atom. The van der Waals surface area contributed by atoms with Gasteiger partial charge in [-0.05, 0) is 19.1 Å². The van der Waals surface area contributed by atoms with Crippen molar-refractivity contribution in [2.45, 2.75) is 19.0 Å². The first-order valence-corrected chi connectivity index (χ1v) is 8.39. The van der Waals surface area contributed by atoms with Crippen LogP contribution in [0.1, 0.15) is 18.9 Å². The Bertz CT molecular complexity index is 836. The number of amides is 2. The van der Waals surface area contributed by atoms with Gasteiger partial charge in [0.15, 0.2) is 0 Å². The molecule has 136 valence electrons. The summed E-state index contributed by atoms with van der Waals surface area (Å²) in [6.07, 6.45) is 0. The fraction of sp³-hybridized carbons (Fsp3) is 0.438. The van der Waals surface area contributed by atoms with Gasteiger partial charge in [0.05, 0.1) is 17.0 Å². The molecule has 26 heavy (non-hydrogen) atoms. The van der Waals surface area contributed by atoms with Crippen molar-refractivity contribution in [2.75, 3.05) is 26.2 Å². The number of hydrogen-bond donors (Lipinski definition) is 1. The third kappa shape index (κ3) is 2.88. The molecule has 2 aromatic rings. The minimum Gasteiger partial charge on any atom is -0.419 e. The second-order valence-electron chi connectivity index (χ2n) is 6.45. The Morgan fingerprint density at radius 2 is 2.08 bits per heavy atom. The predicted molar refractivity (Wildman–Crippen MR) is 90.3 cm³/mol. The van der Waals surface area contributed by atoms with Crippen LogP contribution in [0.4, 0.5) is 10.5 Å². The molecule has 0 radical (unpaired) electrons. The van der Waals surface area contributed by atoms with Crippen molar-refractivity contribution in [3.63, 3.8) is 0 Å². The molecule has 2 unspecified atom stereocenters. The van der Waals surface area contributed by atoms with Gasteiger partial charge in [0.2, 0.25) is 11.8 Å². The number of nitrogens with zero attached hydrogens (tertiary/aromatic N) is 5. The number of carbonyl (C=O) groups excluding carboxylic acids is 1. The van der Waals surface area contributed by atoms with Crippen molar-refractivity contribution in [1.29, 1.82) is 0 Å². The highest BCUT2D eigenvalue weighted by Gasteiger charge is 2.37. The third-order valence-corrected chi connectivity index (χ3v) is 4.93. The lowest BCUT2D eigenvalue weighted by Gasteiger charge is -2.38. The molecule has 10 nitrogen and oxygen atoms in total. The Kier molecular flexibility index (Phi) is 4.03. The smallest absolute Gasteiger partial charge is 0.317 e. The maximum atomic E-state index is 11.7. The van der Waals surface area contributed by atoms with E-state index >= 15 is 0 Å². The monoisotopic (exact) mass is 358 g/mol. The van der Waals surface area contributed by atoms with E-state index in [1.165, 1.54) is 12.1 Å². The van der Waals surface area contributed by atoms with Gasteiger partial charge in [-0.3, -0.25) is 15.0 Å².